The summed E-state index contributed by atoms with van der Waals surface area (Å²) in [7, 11) is 1.79. The van der Waals surface area contributed by atoms with E-state index in [4.69, 9.17) is 4.74 Å². The number of methoxy groups -OCH3 is 1. The minimum absolute atomic E-state index is 0.650. The number of hydrogen-bond acceptors (Lipinski definition) is 3. The first-order valence-electron chi connectivity index (χ1n) is 8.71. The minimum atomic E-state index is 0.650. The van der Waals surface area contributed by atoms with Gasteiger partial charge in [0.05, 0.1) is 7.11 Å². The van der Waals surface area contributed by atoms with E-state index in [0.29, 0.717) is 6.04 Å². The van der Waals surface area contributed by atoms with Crippen molar-refractivity contribution in [2.75, 3.05) is 20.2 Å². The first kappa shape index (κ1) is 16.5. The van der Waals surface area contributed by atoms with Crippen molar-refractivity contribution in [3.05, 3.63) is 51.7 Å². The summed E-state index contributed by atoms with van der Waals surface area (Å²) in [4.78, 5) is 2.70. The van der Waals surface area contributed by atoms with Gasteiger partial charge in [-0.15, -0.1) is 0 Å². The molecule has 0 saturated carbocycles. The maximum atomic E-state index is 5.60. The predicted octanol–water partition coefficient (Wildman–Crippen LogP) is 4.57. The molecule has 0 saturated heterocycles. The second-order valence-electron chi connectivity index (χ2n) is 6.41. The van der Waals surface area contributed by atoms with Crippen molar-refractivity contribution in [3.63, 3.8) is 0 Å². The second kappa shape index (κ2) is 7.98. The van der Waals surface area contributed by atoms with Crippen LogP contribution in [-0.2, 0) is 19.3 Å². The molecule has 23 heavy (non-hydrogen) atoms. The minimum Gasteiger partial charge on any atom is -0.496 e. The van der Waals surface area contributed by atoms with Crippen LogP contribution in [0.4, 0.5) is 0 Å². The number of ether oxygens (including phenoxy) is 1. The number of thiophene rings is 1. The summed E-state index contributed by atoms with van der Waals surface area (Å²) < 4.78 is 5.60. The molecule has 1 aliphatic rings. The summed E-state index contributed by atoms with van der Waals surface area (Å²) in [5, 5.41) is 4.46. The Bertz CT molecular complexity index is 594. The van der Waals surface area contributed by atoms with Crippen LogP contribution < -0.4 is 4.74 Å². The van der Waals surface area contributed by atoms with Gasteiger partial charge in [-0.2, -0.15) is 11.3 Å². The highest BCUT2D eigenvalue weighted by molar-refractivity contribution is 7.07. The standard InChI is InChI=1S/C20H27NOS/c1-3-11-21(12-9-16-10-13-23-15-16)18-8-7-17-5-4-6-20(22-2)19(17)14-18/h4-6,10,13,15,18H,3,7-9,11-12,14H2,1-2H3. The smallest absolute Gasteiger partial charge is 0.122 e. The lowest BCUT2D eigenvalue weighted by Gasteiger charge is -2.35. The molecule has 0 fully saturated rings. The van der Waals surface area contributed by atoms with E-state index in [-0.39, 0.29) is 0 Å². The molecule has 2 nitrogen and oxygen atoms in total. The van der Waals surface area contributed by atoms with Gasteiger partial charge in [0.25, 0.3) is 0 Å². The molecular weight excluding hydrogens is 302 g/mol. The fraction of sp³-hybridized carbons (Fsp3) is 0.500. The van der Waals surface area contributed by atoms with Crippen LogP contribution in [0.1, 0.15) is 36.5 Å². The molecule has 124 valence electrons. The van der Waals surface area contributed by atoms with E-state index in [9.17, 15) is 0 Å². The average Bonchev–Trinajstić information content (AvgIpc) is 3.11. The lowest BCUT2D eigenvalue weighted by Crippen LogP contribution is -2.41. The van der Waals surface area contributed by atoms with Crippen molar-refractivity contribution in [2.45, 2.75) is 45.1 Å². The number of aryl methyl sites for hydroxylation is 1. The molecule has 1 aliphatic carbocycles. The van der Waals surface area contributed by atoms with Crippen LogP contribution in [-0.4, -0.2) is 31.1 Å². The first-order chi connectivity index (χ1) is 11.3. The van der Waals surface area contributed by atoms with Crippen LogP contribution in [0, 0.1) is 0 Å². The number of hydrogen-bond donors (Lipinski definition) is 0. The zero-order valence-electron chi connectivity index (χ0n) is 14.3. The van der Waals surface area contributed by atoms with Crippen molar-refractivity contribution in [1.82, 2.24) is 4.90 Å². The van der Waals surface area contributed by atoms with Gasteiger partial charge >= 0.3 is 0 Å². The quantitative estimate of drug-likeness (QED) is 0.738. The molecule has 2 aromatic rings. The zero-order valence-corrected chi connectivity index (χ0v) is 15.1. The molecule has 1 atom stereocenters. The molecule has 0 radical (unpaired) electrons. The van der Waals surface area contributed by atoms with Gasteiger partial charge in [-0.25, -0.2) is 0 Å². The van der Waals surface area contributed by atoms with E-state index in [2.05, 4.69) is 46.8 Å². The highest BCUT2D eigenvalue weighted by Gasteiger charge is 2.25. The third-order valence-corrected chi connectivity index (χ3v) is 5.66. The molecule has 0 spiro atoms. The van der Waals surface area contributed by atoms with E-state index >= 15 is 0 Å². The highest BCUT2D eigenvalue weighted by atomic mass is 32.1. The first-order valence-corrected chi connectivity index (χ1v) is 9.66. The second-order valence-corrected chi connectivity index (χ2v) is 7.19. The van der Waals surface area contributed by atoms with E-state index in [1.807, 2.05) is 0 Å². The maximum Gasteiger partial charge on any atom is 0.122 e. The molecule has 0 bridgehead atoms. The van der Waals surface area contributed by atoms with Gasteiger partial charge in [0.15, 0.2) is 0 Å². The van der Waals surface area contributed by atoms with Crippen molar-refractivity contribution in [2.24, 2.45) is 0 Å². The summed E-state index contributed by atoms with van der Waals surface area (Å²) >= 11 is 1.80. The summed E-state index contributed by atoms with van der Waals surface area (Å²) in [6, 6.07) is 9.41. The monoisotopic (exact) mass is 329 g/mol. The summed E-state index contributed by atoms with van der Waals surface area (Å²) in [6.07, 6.45) is 5.96. The van der Waals surface area contributed by atoms with Gasteiger partial charge in [0.1, 0.15) is 5.75 Å². The SMILES string of the molecule is CCCN(CCc1ccsc1)C1CCc2cccc(OC)c2C1. The number of rotatable bonds is 7. The van der Waals surface area contributed by atoms with Crippen molar-refractivity contribution in [3.8, 4) is 5.75 Å². The Morgan fingerprint density at radius 2 is 2.17 bits per heavy atom. The Morgan fingerprint density at radius 1 is 1.26 bits per heavy atom. The summed E-state index contributed by atoms with van der Waals surface area (Å²) in [5.41, 5.74) is 4.39. The lowest BCUT2D eigenvalue weighted by molar-refractivity contribution is 0.180. The van der Waals surface area contributed by atoms with Crippen LogP contribution >= 0.6 is 11.3 Å². The Labute approximate surface area is 144 Å². The largest absolute Gasteiger partial charge is 0.496 e. The molecule has 3 heteroatoms. The zero-order chi connectivity index (χ0) is 16.1. The van der Waals surface area contributed by atoms with Crippen molar-refractivity contribution < 1.29 is 4.74 Å². The fourth-order valence-electron chi connectivity index (χ4n) is 3.71. The topological polar surface area (TPSA) is 12.5 Å². The van der Waals surface area contributed by atoms with Gasteiger partial charge in [0.2, 0.25) is 0 Å². The van der Waals surface area contributed by atoms with Gasteiger partial charge in [-0.3, -0.25) is 4.90 Å². The van der Waals surface area contributed by atoms with E-state index < -0.39 is 0 Å². The van der Waals surface area contributed by atoms with Crippen LogP contribution in [0.15, 0.2) is 35.0 Å². The summed E-state index contributed by atoms with van der Waals surface area (Å²) in [6.45, 7) is 4.65. The van der Waals surface area contributed by atoms with Crippen LogP contribution in [0.25, 0.3) is 0 Å². The van der Waals surface area contributed by atoms with Crippen LogP contribution in [0.2, 0.25) is 0 Å². The molecular formula is C20H27NOS. The average molecular weight is 330 g/mol. The Balaban J connectivity index is 1.70. The van der Waals surface area contributed by atoms with Gasteiger partial charge in [-0.1, -0.05) is 19.1 Å². The van der Waals surface area contributed by atoms with Gasteiger partial charge in [-0.05, 0) is 78.2 Å². The molecule has 3 rings (SSSR count). The van der Waals surface area contributed by atoms with Gasteiger partial charge < -0.3 is 4.74 Å². The molecule has 1 aromatic carbocycles. The third kappa shape index (κ3) is 3.96. The fourth-order valence-corrected chi connectivity index (χ4v) is 4.41. The van der Waals surface area contributed by atoms with Gasteiger partial charge in [0, 0.05) is 12.6 Å². The van der Waals surface area contributed by atoms with Crippen LogP contribution in [0.3, 0.4) is 0 Å². The predicted molar refractivity (Wildman–Crippen MR) is 98.7 cm³/mol. The maximum absolute atomic E-state index is 5.60. The highest BCUT2D eigenvalue weighted by Crippen LogP contribution is 2.31. The van der Waals surface area contributed by atoms with Crippen LogP contribution in [0.5, 0.6) is 5.75 Å². The number of fused-ring (bicyclic) bond motifs is 1. The molecule has 1 aromatic heterocycles. The third-order valence-electron chi connectivity index (χ3n) is 4.93. The molecule has 0 amide bonds. The lowest BCUT2D eigenvalue weighted by atomic mass is 9.86. The molecule has 1 heterocycles. The number of benzene rings is 1. The number of nitrogens with zero attached hydrogens (tertiary/aromatic N) is 1. The van der Waals surface area contributed by atoms with Crippen molar-refractivity contribution in [1.29, 1.82) is 0 Å². The Hall–Kier alpha value is -1.32. The van der Waals surface area contributed by atoms with E-state index in [0.717, 1.165) is 12.2 Å². The van der Waals surface area contributed by atoms with Crippen molar-refractivity contribution >= 4 is 11.3 Å². The summed E-state index contributed by atoms with van der Waals surface area (Å²) in [5.74, 6) is 1.07. The molecule has 1 unspecified atom stereocenters. The normalized spacial score (nSPS) is 17.3. The molecule has 0 N–H and O–H groups in total. The Kier molecular flexibility index (Phi) is 5.74. The molecule has 0 aliphatic heterocycles. The van der Waals surface area contributed by atoms with E-state index in [1.165, 1.54) is 55.5 Å². The Morgan fingerprint density at radius 3 is 2.91 bits per heavy atom. The van der Waals surface area contributed by atoms with E-state index in [1.54, 1.807) is 18.4 Å².